The van der Waals surface area contributed by atoms with Gasteiger partial charge < -0.3 is 20.1 Å². The lowest BCUT2D eigenvalue weighted by molar-refractivity contribution is -0.384. The van der Waals surface area contributed by atoms with Crippen LogP contribution in [0.25, 0.3) is 0 Å². The van der Waals surface area contributed by atoms with Crippen LogP contribution in [0.4, 0.5) is 17.1 Å². The number of nitrogens with one attached hydrogen (secondary N) is 1. The zero-order chi connectivity index (χ0) is 20.3. The molecular weight excluding hydrogens is 390 g/mol. The van der Waals surface area contributed by atoms with Crippen LogP contribution in [0.1, 0.15) is 20.7 Å². The van der Waals surface area contributed by atoms with Crippen LogP contribution in [-0.4, -0.2) is 48.2 Å². The highest BCUT2D eigenvalue weighted by atomic mass is 35.5. The molecule has 1 aliphatic rings. The second kappa shape index (κ2) is 8.24. The van der Waals surface area contributed by atoms with Gasteiger partial charge in [-0.1, -0.05) is 11.6 Å². The van der Waals surface area contributed by atoms with Crippen molar-refractivity contribution in [2.24, 2.45) is 0 Å². The van der Waals surface area contributed by atoms with Crippen molar-refractivity contribution in [3.8, 4) is 0 Å². The Morgan fingerprint density at radius 1 is 1.14 bits per heavy atom. The van der Waals surface area contributed by atoms with Gasteiger partial charge in [0.2, 0.25) is 0 Å². The molecular formula is C18H16ClN3O6. The highest BCUT2D eigenvalue weighted by Gasteiger charge is 2.23. The van der Waals surface area contributed by atoms with E-state index in [4.69, 9.17) is 21.4 Å². The molecule has 10 heteroatoms. The van der Waals surface area contributed by atoms with Gasteiger partial charge in [-0.05, 0) is 30.3 Å². The van der Waals surface area contributed by atoms with E-state index in [2.05, 4.69) is 5.32 Å². The summed E-state index contributed by atoms with van der Waals surface area (Å²) < 4.78 is 5.26. The summed E-state index contributed by atoms with van der Waals surface area (Å²) in [6.45, 7) is 1.98. The number of carboxylic acid groups (broad SMARTS) is 1. The number of rotatable bonds is 5. The van der Waals surface area contributed by atoms with Crippen molar-refractivity contribution >= 4 is 40.5 Å². The highest BCUT2D eigenvalue weighted by molar-refractivity contribution is 6.34. The van der Waals surface area contributed by atoms with Crippen LogP contribution in [0.5, 0.6) is 0 Å². The average molecular weight is 406 g/mol. The van der Waals surface area contributed by atoms with Gasteiger partial charge in [-0.15, -0.1) is 0 Å². The van der Waals surface area contributed by atoms with Crippen LogP contribution in [0.15, 0.2) is 36.4 Å². The van der Waals surface area contributed by atoms with Crippen LogP contribution in [-0.2, 0) is 4.74 Å². The number of hydrogen-bond donors (Lipinski definition) is 2. The summed E-state index contributed by atoms with van der Waals surface area (Å²) >= 11 is 6.01. The Bertz CT molecular complexity index is 943. The van der Waals surface area contributed by atoms with E-state index in [9.17, 15) is 19.7 Å². The van der Waals surface area contributed by atoms with Crippen LogP contribution in [0.3, 0.4) is 0 Å². The van der Waals surface area contributed by atoms with Gasteiger partial charge in [0.1, 0.15) is 5.69 Å². The van der Waals surface area contributed by atoms with Gasteiger partial charge >= 0.3 is 5.97 Å². The van der Waals surface area contributed by atoms with Gasteiger partial charge in [-0.2, -0.15) is 0 Å². The van der Waals surface area contributed by atoms with Gasteiger partial charge in [0, 0.05) is 24.7 Å². The molecule has 0 aliphatic carbocycles. The minimum atomic E-state index is -1.17. The zero-order valence-corrected chi connectivity index (χ0v) is 15.3. The number of nitro benzene ring substituents is 1. The summed E-state index contributed by atoms with van der Waals surface area (Å²) in [5, 5.41) is 23.2. The summed E-state index contributed by atoms with van der Waals surface area (Å²) in [4.78, 5) is 36.4. The summed E-state index contributed by atoms with van der Waals surface area (Å²) in [6, 6.07) is 8.07. The minimum absolute atomic E-state index is 0.0478. The molecule has 1 saturated heterocycles. The molecule has 0 spiro atoms. The molecule has 2 N–H and O–H groups in total. The molecule has 28 heavy (non-hydrogen) atoms. The molecule has 2 aromatic rings. The third kappa shape index (κ3) is 4.21. The Hall–Kier alpha value is -3.17. The Kier molecular flexibility index (Phi) is 5.76. The molecule has 1 amide bonds. The Balaban J connectivity index is 1.88. The predicted octanol–water partition coefficient (Wildman–Crippen LogP) is 3.04. The van der Waals surface area contributed by atoms with Crippen LogP contribution < -0.4 is 10.2 Å². The first kappa shape index (κ1) is 19.6. The van der Waals surface area contributed by atoms with Crippen molar-refractivity contribution in [1.29, 1.82) is 0 Å². The molecule has 0 atom stereocenters. The van der Waals surface area contributed by atoms with E-state index in [0.717, 1.165) is 0 Å². The first-order valence-corrected chi connectivity index (χ1v) is 8.70. The van der Waals surface area contributed by atoms with E-state index >= 15 is 0 Å². The zero-order valence-electron chi connectivity index (χ0n) is 14.6. The van der Waals surface area contributed by atoms with Crippen molar-refractivity contribution in [3.05, 3.63) is 62.7 Å². The Morgan fingerprint density at radius 3 is 2.46 bits per heavy atom. The number of carbonyl (C=O) groups excluding carboxylic acids is 1. The fourth-order valence-electron chi connectivity index (χ4n) is 2.83. The van der Waals surface area contributed by atoms with Gasteiger partial charge in [0.05, 0.1) is 34.4 Å². The highest BCUT2D eigenvalue weighted by Crippen LogP contribution is 2.31. The summed E-state index contributed by atoms with van der Waals surface area (Å²) in [6.07, 6.45) is 0. The van der Waals surface area contributed by atoms with E-state index in [1.165, 1.54) is 36.4 Å². The summed E-state index contributed by atoms with van der Waals surface area (Å²) in [7, 11) is 0. The SMILES string of the molecule is O=C(O)c1ccc(Cl)c(NC(=O)c2ccc(N3CCOCC3)c([N+](=O)[O-])c2)c1. The predicted molar refractivity (Wildman–Crippen MR) is 102 cm³/mol. The number of morpholine rings is 1. The molecule has 0 bridgehead atoms. The van der Waals surface area contributed by atoms with Crippen molar-refractivity contribution in [3.63, 3.8) is 0 Å². The summed E-state index contributed by atoms with van der Waals surface area (Å²) in [5.41, 5.74) is 0.330. The molecule has 3 rings (SSSR count). The monoisotopic (exact) mass is 405 g/mol. The number of carbonyl (C=O) groups is 2. The maximum atomic E-state index is 12.5. The van der Waals surface area contributed by atoms with Crippen molar-refractivity contribution in [1.82, 2.24) is 0 Å². The number of halogens is 1. The van der Waals surface area contributed by atoms with Crippen molar-refractivity contribution in [2.45, 2.75) is 0 Å². The molecule has 1 fully saturated rings. The molecule has 0 unspecified atom stereocenters. The quantitative estimate of drug-likeness (QED) is 0.579. The largest absolute Gasteiger partial charge is 0.478 e. The topological polar surface area (TPSA) is 122 Å². The lowest BCUT2D eigenvalue weighted by Crippen LogP contribution is -2.36. The second-order valence-corrected chi connectivity index (χ2v) is 6.42. The van der Waals surface area contributed by atoms with Crippen molar-refractivity contribution in [2.75, 3.05) is 36.5 Å². The third-order valence-electron chi connectivity index (χ3n) is 4.25. The first-order valence-electron chi connectivity index (χ1n) is 8.32. The Morgan fingerprint density at radius 2 is 1.82 bits per heavy atom. The molecule has 0 radical (unpaired) electrons. The fraction of sp³-hybridized carbons (Fsp3) is 0.222. The number of aromatic carboxylic acids is 1. The number of hydrogen-bond acceptors (Lipinski definition) is 6. The van der Waals surface area contributed by atoms with Gasteiger partial charge in [-0.3, -0.25) is 14.9 Å². The normalized spacial score (nSPS) is 13.8. The number of carboxylic acids is 1. The lowest BCUT2D eigenvalue weighted by atomic mass is 10.1. The smallest absolute Gasteiger partial charge is 0.335 e. The average Bonchev–Trinajstić information content (AvgIpc) is 2.69. The fourth-order valence-corrected chi connectivity index (χ4v) is 3.00. The first-order chi connectivity index (χ1) is 13.4. The number of anilines is 2. The van der Waals surface area contributed by atoms with Gasteiger partial charge in [-0.25, -0.2) is 4.79 Å². The van der Waals surface area contributed by atoms with Crippen LogP contribution in [0, 0.1) is 10.1 Å². The molecule has 0 aromatic heterocycles. The molecule has 2 aromatic carbocycles. The number of benzene rings is 2. The van der Waals surface area contributed by atoms with E-state index in [1.54, 1.807) is 0 Å². The third-order valence-corrected chi connectivity index (χ3v) is 4.58. The number of ether oxygens (including phenoxy) is 1. The number of nitrogens with zero attached hydrogens (tertiary/aromatic N) is 2. The summed E-state index contributed by atoms with van der Waals surface area (Å²) in [5.74, 6) is -1.81. The lowest BCUT2D eigenvalue weighted by Gasteiger charge is -2.28. The van der Waals surface area contributed by atoms with Crippen LogP contribution >= 0.6 is 11.6 Å². The van der Waals surface area contributed by atoms with E-state index in [-0.39, 0.29) is 27.5 Å². The van der Waals surface area contributed by atoms with E-state index < -0.39 is 16.8 Å². The number of nitro groups is 1. The maximum absolute atomic E-state index is 12.5. The van der Waals surface area contributed by atoms with E-state index in [0.29, 0.717) is 32.0 Å². The minimum Gasteiger partial charge on any atom is -0.478 e. The van der Waals surface area contributed by atoms with Crippen LogP contribution in [0.2, 0.25) is 5.02 Å². The second-order valence-electron chi connectivity index (χ2n) is 6.01. The maximum Gasteiger partial charge on any atom is 0.335 e. The van der Waals surface area contributed by atoms with Crippen molar-refractivity contribution < 1.29 is 24.4 Å². The van der Waals surface area contributed by atoms with Gasteiger partial charge in [0.15, 0.2) is 0 Å². The molecule has 146 valence electrons. The number of amides is 1. The molecule has 9 nitrogen and oxygen atoms in total. The molecule has 1 heterocycles. The van der Waals surface area contributed by atoms with E-state index in [1.807, 2.05) is 4.90 Å². The Labute approximate surface area is 164 Å². The van der Waals surface area contributed by atoms with Gasteiger partial charge in [0.25, 0.3) is 11.6 Å². The standard InChI is InChI=1S/C18H16ClN3O6/c19-13-3-1-12(18(24)25)9-14(13)20-17(23)11-2-4-15(16(10-11)22(26)27)21-5-7-28-8-6-21/h1-4,9-10H,5-8H2,(H,20,23)(H,24,25). The molecule has 1 aliphatic heterocycles. The molecule has 0 saturated carbocycles.